The van der Waals surface area contributed by atoms with Crippen LogP contribution in [0.25, 0.3) is 0 Å². The van der Waals surface area contributed by atoms with Gasteiger partial charge in [-0.1, -0.05) is 31.0 Å². The summed E-state index contributed by atoms with van der Waals surface area (Å²) in [5.41, 5.74) is -2.53. The van der Waals surface area contributed by atoms with E-state index in [1.807, 2.05) is 6.92 Å². The Morgan fingerprint density at radius 3 is 2.63 bits per heavy atom. The zero-order chi connectivity index (χ0) is 21.9. The maximum absolute atomic E-state index is 13.0. The third-order valence-corrected chi connectivity index (χ3v) is 8.97. The van der Waals surface area contributed by atoms with E-state index in [1.54, 1.807) is 6.08 Å². The van der Waals surface area contributed by atoms with E-state index in [9.17, 15) is 19.5 Å². The van der Waals surface area contributed by atoms with Crippen LogP contribution in [-0.2, 0) is 19.1 Å². The number of halogens is 2. The van der Waals surface area contributed by atoms with Crippen LogP contribution in [0.15, 0.2) is 11.6 Å². The summed E-state index contributed by atoms with van der Waals surface area (Å²) in [6.07, 6.45) is 5.18. The summed E-state index contributed by atoms with van der Waals surface area (Å²) in [6, 6.07) is -0.351. The van der Waals surface area contributed by atoms with Gasteiger partial charge in [0.15, 0.2) is 11.8 Å². The number of fused-ring (bicyclic) bond motifs is 5. The highest BCUT2D eigenvalue weighted by atomic mass is 35.5. The molecule has 0 aromatic heterocycles. The second-order valence-electron chi connectivity index (χ2n) is 9.82. The van der Waals surface area contributed by atoms with Gasteiger partial charge < -0.3 is 14.6 Å². The van der Waals surface area contributed by atoms with E-state index in [1.165, 1.54) is 0 Å². The highest BCUT2D eigenvalue weighted by molar-refractivity contribution is 6.61. The molecule has 0 heterocycles. The van der Waals surface area contributed by atoms with E-state index in [-0.39, 0.29) is 47.9 Å². The number of alkyl halides is 1. The maximum Gasteiger partial charge on any atom is 0.404 e. The standard InChI is InChI=1S/C22H28Cl2O6/c1-20-7-5-13(25)9-12(20)3-4-14-15-6-8-22(30-19(24)28,18(27)29-11-23)21(15,2)10-16(26)17(14)20/h9,14-17,26H,3-8,10-11H2,1-2H3/t14-,15-,16?,17-,20-,21-,22?/m0/s1. The van der Waals surface area contributed by atoms with Gasteiger partial charge in [0.05, 0.1) is 6.10 Å². The SMILES string of the molecule is C[C@]12CCC(=O)C=C1CC[C@@H]1[C@H]2C(O)C[C@@]2(C)[C@H]1CCC2(OC(=O)Cl)C(=O)OCCl. The van der Waals surface area contributed by atoms with Crippen molar-refractivity contribution < 1.29 is 29.0 Å². The van der Waals surface area contributed by atoms with E-state index in [2.05, 4.69) is 6.92 Å². The number of ether oxygens (including phenoxy) is 2. The molecule has 0 aliphatic heterocycles. The average molecular weight is 459 g/mol. The lowest BCUT2D eigenvalue weighted by molar-refractivity contribution is -0.196. The summed E-state index contributed by atoms with van der Waals surface area (Å²) in [7, 11) is 0. The monoisotopic (exact) mass is 458 g/mol. The molecule has 0 saturated heterocycles. The van der Waals surface area contributed by atoms with Crippen LogP contribution in [0.5, 0.6) is 0 Å². The number of aliphatic hydroxyl groups excluding tert-OH is 1. The van der Waals surface area contributed by atoms with Crippen LogP contribution in [0.2, 0.25) is 0 Å². The van der Waals surface area contributed by atoms with Gasteiger partial charge in [0, 0.05) is 23.4 Å². The Bertz CT molecular complexity index is 811. The van der Waals surface area contributed by atoms with Gasteiger partial charge in [0.1, 0.15) is 0 Å². The van der Waals surface area contributed by atoms with Crippen molar-refractivity contribution in [3.05, 3.63) is 11.6 Å². The fourth-order valence-corrected chi connectivity index (χ4v) is 7.75. The Morgan fingerprint density at radius 1 is 1.23 bits per heavy atom. The number of hydrogen-bond acceptors (Lipinski definition) is 6. The van der Waals surface area contributed by atoms with Crippen LogP contribution >= 0.6 is 23.2 Å². The van der Waals surface area contributed by atoms with Crippen molar-refractivity contribution in [2.24, 2.45) is 28.6 Å². The molecule has 4 aliphatic carbocycles. The Balaban J connectivity index is 1.75. The number of rotatable bonds is 3. The molecule has 0 spiro atoms. The fraction of sp³-hybridized carbons (Fsp3) is 0.773. The molecule has 0 aromatic carbocycles. The van der Waals surface area contributed by atoms with Crippen molar-refractivity contribution in [1.29, 1.82) is 0 Å². The van der Waals surface area contributed by atoms with E-state index in [4.69, 9.17) is 32.7 Å². The van der Waals surface area contributed by atoms with Crippen LogP contribution in [0.3, 0.4) is 0 Å². The maximum atomic E-state index is 13.0. The van der Waals surface area contributed by atoms with Crippen LogP contribution in [-0.4, -0.2) is 40.1 Å². The largest absolute Gasteiger partial charge is 0.446 e. The lowest BCUT2D eigenvalue weighted by Crippen LogP contribution is -2.62. The van der Waals surface area contributed by atoms with E-state index >= 15 is 0 Å². The van der Waals surface area contributed by atoms with E-state index < -0.39 is 28.5 Å². The minimum absolute atomic E-state index is 0.00442. The highest BCUT2D eigenvalue weighted by Crippen LogP contribution is 2.68. The Hall–Kier alpha value is -1.11. The molecule has 0 amide bonds. The third-order valence-electron chi connectivity index (χ3n) is 8.79. The molecule has 4 rings (SSSR count). The number of carbonyl (C=O) groups excluding carboxylic acids is 3. The number of esters is 1. The summed E-state index contributed by atoms with van der Waals surface area (Å²) in [5, 5.41) is 11.4. The molecule has 0 bridgehead atoms. The van der Waals surface area contributed by atoms with Crippen molar-refractivity contribution in [3.63, 3.8) is 0 Å². The lowest BCUT2D eigenvalue weighted by Gasteiger charge is -2.60. The molecule has 7 atom stereocenters. The van der Waals surface area contributed by atoms with Crippen LogP contribution in [0.1, 0.15) is 58.8 Å². The second-order valence-corrected chi connectivity index (χ2v) is 10.4. The number of allylic oxidation sites excluding steroid dienone is 1. The second kappa shape index (κ2) is 7.49. The van der Waals surface area contributed by atoms with Crippen molar-refractivity contribution in [3.8, 4) is 0 Å². The zero-order valence-corrected chi connectivity index (χ0v) is 18.8. The molecule has 2 unspecified atom stereocenters. The molecule has 3 saturated carbocycles. The predicted octanol–water partition coefficient (Wildman–Crippen LogP) is 4.34. The molecular weight excluding hydrogens is 431 g/mol. The summed E-state index contributed by atoms with van der Waals surface area (Å²) in [5.74, 6) is -0.341. The summed E-state index contributed by atoms with van der Waals surface area (Å²) in [4.78, 5) is 36.7. The third kappa shape index (κ3) is 2.97. The molecule has 166 valence electrons. The van der Waals surface area contributed by atoms with E-state index in [0.717, 1.165) is 24.8 Å². The van der Waals surface area contributed by atoms with Crippen LogP contribution in [0.4, 0.5) is 4.79 Å². The smallest absolute Gasteiger partial charge is 0.404 e. The molecule has 6 nitrogen and oxygen atoms in total. The highest BCUT2D eigenvalue weighted by Gasteiger charge is 2.71. The number of hydrogen-bond donors (Lipinski definition) is 1. The van der Waals surface area contributed by atoms with Gasteiger partial charge in [0.25, 0.3) is 0 Å². The van der Waals surface area contributed by atoms with Crippen LogP contribution in [0, 0.1) is 28.6 Å². The normalized spacial score (nSPS) is 45.0. The Labute approximate surface area is 186 Å². The first kappa shape index (κ1) is 22.1. The van der Waals surface area contributed by atoms with Crippen molar-refractivity contribution in [2.75, 3.05) is 6.07 Å². The van der Waals surface area contributed by atoms with Crippen LogP contribution < -0.4 is 0 Å². The first-order valence-corrected chi connectivity index (χ1v) is 11.5. The van der Waals surface area contributed by atoms with Gasteiger partial charge in [-0.15, -0.1) is 0 Å². The summed E-state index contributed by atoms with van der Waals surface area (Å²) < 4.78 is 10.6. The quantitative estimate of drug-likeness (QED) is 0.384. The molecular formula is C22H28Cl2O6. The Kier molecular flexibility index (Phi) is 5.52. The molecule has 3 fully saturated rings. The molecule has 4 aliphatic rings. The molecule has 0 aromatic rings. The Morgan fingerprint density at radius 2 is 1.97 bits per heavy atom. The van der Waals surface area contributed by atoms with Crippen molar-refractivity contribution >= 4 is 40.4 Å². The van der Waals surface area contributed by atoms with Gasteiger partial charge in [-0.05, 0) is 67.8 Å². The minimum Gasteiger partial charge on any atom is -0.446 e. The predicted molar refractivity (Wildman–Crippen MR) is 110 cm³/mol. The minimum atomic E-state index is -1.56. The van der Waals surface area contributed by atoms with Crippen molar-refractivity contribution in [2.45, 2.75) is 70.5 Å². The molecule has 1 N–H and O–H groups in total. The number of ketones is 1. The molecule has 30 heavy (non-hydrogen) atoms. The number of carbonyl (C=O) groups is 3. The molecule has 0 radical (unpaired) electrons. The summed E-state index contributed by atoms with van der Waals surface area (Å²) >= 11 is 11.2. The summed E-state index contributed by atoms with van der Waals surface area (Å²) in [6.45, 7) is 4.06. The zero-order valence-electron chi connectivity index (χ0n) is 17.3. The molecule has 8 heteroatoms. The first-order chi connectivity index (χ1) is 14.1. The number of aliphatic hydroxyl groups is 1. The van der Waals surface area contributed by atoms with E-state index in [0.29, 0.717) is 12.8 Å². The van der Waals surface area contributed by atoms with Gasteiger partial charge in [-0.2, -0.15) is 0 Å². The first-order valence-electron chi connectivity index (χ1n) is 10.6. The van der Waals surface area contributed by atoms with Gasteiger partial charge in [-0.3, -0.25) is 4.79 Å². The van der Waals surface area contributed by atoms with Gasteiger partial charge in [-0.25, -0.2) is 9.59 Å². The lowest BCUT2D eigenvalue weighted by atomic mass is 9.45. The van der Waals surface area contributed by atoms with Gasteiger partial charge in [0.2, 0.25) is 5.60 Å². The van der Waals surface area contributed by atoms with Gasteiger partial charge >= 0.3 is 11.4 Å². The van der Waals surface area contributed by atoms with Crippen molar-refractivity contribution in [1.82, 2.24) is 0 Å². The topological polar surface area (TPSA) is 89.9 Å². The fourth-order valence-electron chi connectivity index (χ4n) is 7.52. The average Bonchev–Trinajstić information content (AvgIpc) is 2.94.